The van der Waals surface area contributed by atoms with Crippen LogP contribution in [0.15, 0.2) is 36.4 Å². The van der Waals surface area contributed by atoms with Crippen molar-refractivity contribution in [3.8, 4) is 11.5 Å². The standard InChI is InChI=1S/C20H23ClN4O2S/c1-4-26-18-9-16(11-22-25-14(3)23-24-20(25)28)17(21)10-19(18)27-12-15-7-5-6-13(2)8-15/h5-10,22H,4,11-12H2,1-3H3,(H,24,28). The summed E-state index contributed by atoms with van der Waals surface area (Å²) in [5, 5.41) is 7.40. The van der Waals surface area contributed by atoms with Crippen LogP contribution in [0, 0.1) is 18.6 Å². The van der Waals surface area contributed by atoms with Crippen LogP contribution in [0.3, 0.4) is 0 Å². The Bertz CT molecular complexity index is 1020. The summed E-state index contributed by atoms with van der Waals surface area (Å²) in [6.45, 7) is 7.29. The molecular weight excluding hydrogens is 396 g/mol. The Labute approximate surface area is 174 Å². The van der Waals surface area contributed by atoms with Gasteiger partial charge in [-0.15, -0.1) is 0 Å². The number of hydrogen-bond acceptors (Lipinski definition) is 5. The monoisotopic (exact) mass is 418 g/mol. The van der Waals surface area contributed by atoms with Gasteiger partial charge in [0.2, 0.25) is 4.77 Å². The highest BCUT2D eigenvalue weighted by molar-refractivity contribution is 7.71. The number of benzene rings is 2. The average molecular weight is 419 g/mol. The second-order valence-electron chi connectivity index (χ2n) is 6.35. The molecule has 0 aliphatic heterocycles. The predicted octanol–water partition coefficient (Wildman–Crippen LogP) is 4.93. The number of aromatic amines is 1. The SMILES string of the molecule is CCOc1cc(CNn2c(C)n[nH]c2=S)c(Cl)cc1OCc1cccc(C)c1. The van der Waals surface area contributed by atoms with Crippen LogP contribution in [0.25, 0.3) is 0 Å². The molecule has 0 amide bonds. The highest BCUT2D eigenvalue weighted by Crippen LogP contribution is 2.34. The largest absolute Gasteiger partial charge is 0.490 e. The molecule has 0 unspecified atom stereocenters. The molecule has 6 nitrogen and oxygen atoms in total. The first kappa shape index (κ1) is 20.2. The van der Waals surface area contributed by atoms with E-state index in [1.165, 1.54) is 5.56 Å². The summed E-state index contributed by atoms with van der Waals surface area (Å²) in [5.74, 6) is 2.02. The number of nitrogens with one attached hydrogen (secondary N) is 2. The molecule has 0 saturated heterocycles. The van der Waals surface area contributed by atoms with Crippen LogP contribution >= 0.6 is 23.8 Å². The Hall–Kier alpha value is -2.51. The molecule has 28 heavy (non-hydrogen) atoms. The summed E-state index contributed by atoms with van der Waals surface area (Å²) in [5.41, 5.74) is 6.37. The molecule has 2 aromatic carbocycles. The van der Waals surface area contributed by atoms with Gasteiger partial charge in [-0.2, -0.15) is 5.10 Å². The summed E-state index contributed by atoms with van der Waals surface area (Å²) >= 11 is 11.7. The molecule has 2 N–H and O–H groups in total. The summed E-state index contributed by atoms with van der Waals surface area (Å²) in [7, 11) is 0. The number of ether oxygens (including phenoxy) is 2. The van der Waals surface area contributed by atoms with Crippen LogP contribution in [0.1, 0.15) is 29.4 Å². The fourth-order valence-electron chi connectivity index (χ4n) is 2.78. The van der Waals surface area contributed by atoms with E-state index in [1.807, 2.05) is 32.0 Å². The predicted molar refractivity (Wildman–Crippen MR) is 113 cm³/mol. The lowest BCUT2D eigenvalue weighted by molar-refractivity contribution is 0.269. The van der Waals surface area contributed by atoms with E-state index in [9.17, 15) is 0 Å². The summed E-state index contributed by atoms with van der Waals surface area (Å²) in [6.07, 6.45) is 0. The van der Waals surface area contributed by atoms with E-state index in [0.717, 1.165) is 17.0 Å². The number of halogens is 1. The van der Waals surface area contributed by atoms with Crippen molar-refractivity contribution in [1.29, 1.82) is 0 Å². The maximum Gasteiger partial charge on any atom is 0.214 e. The van der Waals surface area contributed by atoms with Crippen LogP contribution in [0.4, 0.5) is 0 Å². The fraction of sp³-hybridized carbons (Fsp3) is 0.300. The van der Waals surface area contributed by atoms with Gasteiger partial charge in [-0.25, -0.2) is 4.68 Å². The van der Waals surface area contributed by atoms with E-state index in [-0.39, 0.29) is 0 Å². The summed E-state index contributed by atoms with van der Waals surface area (Å²) < 4.78 is 14.0. The van der Waals surface area contributed by atoms with Crippen LogP contribution in [0.5, 0.6) is 11.5 Å². The Morgan fingerprint density at radius 2 is 1.96 bits per heavy atom. The zero-order valence-corrected chi connectivity index (χ0v) is 17.7. The van der Waals surface area contributed by atoms with Crippen molar-refractivity contribution in [2.75, 3.05) is 12.0 Å². The van der Waals surface area contributed by atoms with E-state index >= 15 is 0 Å². The van der Waals surface area contributed by atoms with Crippen LogP contribution in [-0.4, -0.2) is 21.5 Å². The van der Waals surface area contributed by atoms with Crippen LogP contribution in [-0.2, 0) is 13.2 Å². The number of H-pyrrole nitrogens is 1. The minimum absolute atomic E-state index is 0.444. The normalized spacial score (nSPS) is 10.7. The first-order chi connectivity index (χ1) is 13.5. The van der Waals surface area contributed by atoms with Gasteiger partial charge in [0.15, 0.2) is 11.5 Å². The molecule has 0 spiro atoms. The van der Waals surface area contributed by atoms with Crippen molar-refractivity contribution >= 4 is 23.8 Å². The Morgan fingerprint density at radius 3 is 2.64 bits per heavy atom. The molecule has 3 rings (SSSR count). The van der Waals surface area contributed by atoms with Crippen molar-refractivity contribution in [2.45, 2.75) is 33.9 Å². The molecule has 0 saturated carbocycles. The lowest BCUT2D eigenvalue weighted by Crippen LogP contribution is -2.16. The van der Waals surface area contributed by atoms with E-state index in [2.05, 4.69) is 34.7 Å². The topological polar surface area (TPSA) is 64.1 Å². The van der Waals surface area contributed by atoms with Crippen molar-refractivity contribution in [3.63, 3.8) is 0 Å². The van der Waals surface area contributed by atoms with E-state index in [1.54, 1.807) is 10.7 Å². The Kier molecular flexibility index (Phi) is 6.59. The molecule has 0 fully saturated rings. The molecule has 148 valence electrons. The molecule has 0 bridgehead atoms. The van der Waals surface area contributed by atoms with Crippen LogP contribution < -0.4 is 14.9 Å². The van der Waals surface area contributed by atoms with Gasteiger partial charge in [-0.05, 0) is 50.2 Å². The molecule has 0 aliphatic rings. The summed E-state index contributed by atoms with van der Waals surface area (Å²) in [6, 6.07) is 11.9. The third kappa shape index (κ3) is 4.85. The fourth-order valence-corrected chi connectivity index (χ4v) is 3.25. The number of aromatic nitrogens is 3. The summed E-state index contributed by atoms with van der Waals surface area (Å²) in [4.78, 5) is 0. The minimum Gasteiger partial charge on any atom is -0.490 e. The molecule has 3 aromatic rings. The lowest BCUT2D eigenvalue weighted by Gasteiger charge is -2.16. The number of nitrogens with zero attached hydrogens (tertiary/aromatic N) is 2. The number of hydrogen-bond donors (Lipinski definition) is 2. The first-order valence-electron chi connectivity index (χ1n) is 8.99. The number of aryl methyl sites for hydroxylation is 2. The first-order valence-corrected chi connectivity index (χ1v) is 9.78. The molecule has 8 heteroatoms. The average Bonchev–Trinajstić information content (AvgIpc) is 2.98. The second kappa shape index (κ2) is 9.12. The molecule has 1 heterocycles. The zero-order chi connectivity index (χ0) is 20.1. The Morgan fingerprint density at radius 1 is 1.18 bits per heavy atom. The third-order valence-corrected chi connectivity index (χ3v) is 4.78. The van der Waals surface area contributed by atoms with Crippen molar-refractivity contribution in [1.82, 2.24) is 14.9 Å². The number of rotatable bonds is 8. The maximum atomic E-state index is 6.49. The molecular formula is C20H23ClN4O2S. The maximum absolute atomic E-state index is 6.49. The van der Waals surface area contributed by atoms with Gasteiger partial charge < -0.3 is 14.9 Å². The molecule has 0 atom stereocenters. The molecule has 0 aliphatic carbocycles. The van der Waals surface area contributed by atoms with E-state index < -0.39 is 0 Å². The zero-order valence-electron chi connectivity index (χ0n) is 16.1. The minimum atomic E-state index is 0.444. The molecule has 0 radical (unpaired) electrons. The van der Waals surface area contributed by atoms with E-state index in [0.29, 0.717) is 41.1 Å². The van der Waals surface area contributed by atoms with E-state index in [4.69, 9.17) is 33.3 Å². The second-order valence-corrected chi connectivity index (χ2v) is 7.14. The van der Waals surface area contributed by atoms with Gasteiger partial charge in [0.1, 0.15) is 12.4 Å². The van der Waals surface area contributed by atoms with Crippen molar-refractivity contribution in [3.05, 3.63) is 68.7 Å². The Balaban J connectivity index is 1.78. The van der Waals surface area contributed by atoms with Gasteiger partial charge in [-0.1, -0.05) is 41.4 Å². The highest BCUT2D eigenvalue weighted by atomic mass is 35.5. The highest BCUT2D eigenvalue weighted by Gasteiger charge is 2.12. The third-order valence-electron chi connectivity index (χ3n) is 4.16. The smallest absolute Gasteiger partial charge is 0.214 e. The van der Waals surface area contributed by atoms with Gasteiger partial charge in [0.05, 0.1) is 13.2 Å². The van der Waals surface area contributed by atoms with Gasteiger partial charge in [-0.3, -0.25) is 5.10 Å². The van der Waals surface area contributed by atoms with Crippen molar-refractivity contribution < 1.29 is 9.47 Å². The van der Waals surface area contributed by atoms with Crippen LogP contribution in [0.2, 0.25) is 5.02 Å². The van der Waals surface area contributed by atoms with Gasteiger partial charge in [0.25, 0.3) is 0 Å². The van der Waals surface area contributed by atoms with Crippen molar-refractivity contribution in [2.24, 2.45) is 0 Å². The van der Waals surface area contributed by atoms with Gasteiger partial charge in [0, 0.05) is 11.1 Å². The van der Waals surface area contributed by atoms with Gasteiger partial charge >= 0.3 is 0 Å². The molecule has 1 aromatic heterocycles. The quantitative estimate of drug-likeness (QED) is 0.507. The lowest BCUT2D eigenvalue weighted by atomic mass is 10.1.